The maximum absolute atomic E-state index is 12.5. The fourth-order valence-electron chi connectivity index (χ4n) is 1.20. The minimum atomic E-state index is -4.68. The molecule has 1 saturated carbocycles. The van der Waals surface area contributed by atoms with Crippen molar-refractivity contribution in [1.82, 2.24) is 4.98 Å². The molecule has 1 aromatic heterocycles. The van der Waals surface area contributed by atoms with Crippen LogP contribution in [0.1, 0.15) is 18.5 Å². The van der Waals surface area contributed by atoms with Crippen LogP contribution in [0.25, 0.3) is 0 Å². The summed E-state index contributed by atoms with van der Waals surface area (Å²) in [6.07, 6.45) is -3.10. The maximum atomic E-state index is 12.5. The molecule has 0 bridgehead atoms. The fourth-order valence-corrected chi connectivity index (χ4v) is 1.20. The van der Waals surface area contributed by atoms with Gasteiger partial charge in [-0.05, 0) is 12.8 Å². The summed E-state index contributed by atoms with van der Waals surface area (Å²) >= 11 is 0. The van der Waals surface area contributed by atoms with E-state index in [1.165, 1.54) is 0 Å². The first-order chi connectivity index (χ1) is 7.88. The number of hydrogen-bond donors (Lipinski definition) is 0. The van der Waals surface area contributed by atoms with E-state index in [1.54, 1.807) is 0 Å². The molecule has 5 nitrogen and oxygen atoms in total. The van der Waals surface area contributed by atoms with Gasteiger partial charge in [-0.25, -0.2) is 4.98 Å². The Hall–Kier alpha value is -1.86. The van der Waals surface area contributed by atoms with Gasteiger partial charge in [0.1, 0.15) is 6.20 Å². The van der Waals surface area contributed by atoms with Crippen LogP contribution in [0.2, 0.25) is 0 Å². The molecule has 0 amide bonds. The Balaban J connectivity index is 2.39. The summed E-state index contributed by atoms with van der Waals surface area (Å²) in [5, 5.41) is 10.4. The Morgan fingerprint density at radius 1 is 1.47 bits per heavy atom. The third kappa shape index (κ3) is 2.63. The summed E-state index contributed by atoms with van der Waals surface area (Å²) < 4.78 is 42.6. The molecule has 0 radical (unpaired) electrons. The minimum absolute atomic E-state index is 0.292. The Morgan fingerprint density at radius 2 is 2.12 bits per heavy atom. The summed E-state index contributed by atoms with van der Waals surface area (Å²) in [5.41, 5.74) is -1.75. The third-order valence-electron chi connectivity index (χ3n) is 2.14. The van der Waals surface area contributed by atoms with Gasteiger partial charge in [-0.3, -0.25) is 10.1 Å². The highest BCUT2D eigenvalue weighted by Crippen LogP contribution is 2.38. The summed E-state index contributed by atoms with van der Waals surface area (Å²) in [4.78, 5) is 12.7. The first kappa shape index (κ1) is 11.6. The average molecular weight is 248 g/mol. The number of ether oxygens (including phenoxy) is 1. The van der Waals surface area contributed by atoms with Gasteiger partial charge in [-0.2, -0.15) is 13.2 Å². The predicted octanol–water partition coefficient (Wildman–Crippen LogP) is 2.55. The first-order valence-electron chi connectivity index (χ1n) is 4.76. The van der Waals surface area contributed by atoms with Gasteiger partial charge in [-0.15, -0.1) is 0 Å². The molecule has 17 heavy (non-hydrogen) atoms. The molecule has 8 heteroatoms. The van der Waals surface area contributed by atoms with Gasteiger partial charge in [0, 0.05) is 0 Å². The largest absolute Gasteiger partial charge is 0.488 e. The zero-order valence-corrected chi connectivity index (χ0v) is 8.40. The number of alkyl halides is 3. The molecule has 0 unspecified atom stereocenters. The maximum Gasteiger partial charge on any atom is 0.437 e. The van der Waals surface area contributed by atoms with Gasteiger partial charge >= 0.3 is 6.18 Å². The molecule has 0 N–H and O–H groups in total. The lowest BCUT2D eigenvalue weighted by atomic mass is 10.3. The van der Waals surface area contributed by atoms with Gasteiger partial charge in [0.15, 0.2) is 11.4 Å². The van der Waals surface area contributed by atoms with Crippen molar-refractivity contribution < 1.29 is 22.8 Å². The Kier molecular flexibility index (Phi) is 2.64. The molecule has 1 aliphatic rings. The SMILES string of the molecule is O=[N+]([O-])c1cnc(C(F)(F)F)c(OC2CC2)c1. The van der Waals surface area contributed by atoms with E-state index in [4.69, 9.17) is 4.74 Å². The fraction of sp³-hybridized carbons (Fsp3) is 0.444. The van der Waals surface area contributed by atoms with Crippen molar-refractivity contribution >= 4 is 5.69 Å². The molecule has 1 fully saturated rings. The summed E-state index contributed by atoms with van der Waals surface area (Å²) in [6.45, 7) is 0. The molecular formula is C9H7F3N2O3. The van der Waals surface area contributed by atoms with Crippen LogP contribution < -0.4 is 4.74 Å². The van der Waals surface area contributed by atoms with Crippen LogP contribution in [0.3, 0.4) is 0 Å². The van der Waals surface area contributed by atoms with Crippen LogP contribution >= 0.6 is 0 Å². The molecule has 0 spiro atoms. The van der Waals surface area contributed by atoms with Crippen LogP contribution in [-0.2, 0) is 6.18 Å². The van der Waals surface area contributed by atoms with E-state index in [-0.39, 0.29) is 6.10 Å². The molecule has 1 aromatic rings. The van der Waals surface area contributed by atoms with Crippen molar-refractivity contribution in [2.45, 2.75) is 25.1 Å². The minimum Gasteiger partial charge on any atom is -0.488 e. The van der Waals surface area contributed by atoms with Gasteiger partial charge in [0.05, 0.1) is 17.1 Å². The predicted molar refractivity (Wildman–Crippen MR) is 49.5 cm³/mol. The van der Waals surface area contributed by atoms with Crippen LogP contribution in [0.5, 0.6) is 5.75 Å². The molecule has 0 aliphatic heterocycles. The zero-order chi connectivity index (χ0) is 12.6. The molecule has 92 valence electrons. The number of halogens is 3. The van der Waals surface area contributed by atoms with E-state index >= 15 is 0 Å². The molecule has 2 rings (SSSR count). The van der Waals surface area contributed by atoms with Crippen LogP contribution in [0.15, 0.2) is 12.3 Å². The van der Waals surface area contributed by atoms with E-state index in [0.29, 0.717) is 19.0 Å². The van der Waals surface area contributed by atoms with Gasteiger partial charge in [-0.1, -0.05) is 0 Å². The molecule has 0 aromatic carbocycles. The second kappa shape index (κ2) is 3.86. The molecule has 0 atom stereocenters. The highest BCUT2D eigenvalue weighted by molar-refractivity contribution is 5.40. The molecule has 1 aliphatic carbocycles. The molecule has 0 saturated heterocycles. The summed E-state index contributed by atoms with van der Waals surface area (Å²) in [5.74, 6) is -0.575. The van der Waals surface area contributed by atoms with Gasteiger partial charge in [0.2, 0.25) is 0 Å². The monoisotopic (exact) mass is 248 g/mol. The van der Waals surface area contributed by atoms with Crippen molar-refractivity contribution in [3.63, 3.8) is 0 Å². The normalized spacial score (nSPS) is 15.7. The Morgan fingerprint density at radius 3 is 2.59 bits per heavy atom. The van der Waals surface area contributed by atoms with Crippen molar-refractivity contribution in [3.8, 4) is 5.75 Å². The second-order valence-corrected chi connectivity index (χ2v) is 3.61. The van der Waals surface area contributed by atoms with Crippen LogP contribution in [-0.4, -0.2) is 16.0 Å². The number of pyridine rings is 1. The van der Waals surface area contributed by atoms with Crippen molar-refractivity contribution in [2.75, 3.05) is 0 Å². The van der Waals surface area contributed by atoms with Crippen molar-refractivity contribution in [3.05, 3.63) is 28.1 Å². The van der Waals surface area contributed by atoms with E-state index in [1.807, 2.05) is 0 Å². The van der Waals surface area contributed by atoms with E-state index < -0.39 is 28.2 Å². The van der Waals surface area contributed by atoms with E-state index in [0.717, 1.165) is 6.07 Å². The lowest BCUT2D eigenvalue weighted by molar-refractivity contribution is -0.385. The number of nitrogens with zero attached hydrogens (tertiary/aromatic N) is 2. The first-order valence-corrected chi connectivity index (χ1v) is 4.76. The standard InChI is InChI=1S/C9H7F3N2O3/c10-9(11,12)8-7(17-6-1-2-6)3-5(4-13-8)14(15)16/h3-4,6H,1-2H2. The summed E-state index contributed by atoms with van der Waals surface area (Å²) in [7, 11) is 0. The third-order valence-corrected chi connectivity index (χ3v) is 2.14. The Labute approximate surface area is 93.4 Å². The highest BCUT2D eigenvalue weighted by Gasteiger charge is 2.39. The molecular weight excluding hydrogens is 241 g/mol. The van der Waals surface area contributed by atoms with Crippen LogP contribution in [0, 0.1) is 10.1 Å². The van der Waals surface area contributed by atoms with Crippen molar-refractivity contribution in [2.24, 2.45) is 0 Å². The lowest BCUT2D eigenvalue weighted by Gasteiger charge is -2.11. The van der Waals surface area contributed by atoms with Gasteiger partial charge < -0.3 is 4.74 Å². The lowest BCUT2D eigenvalue weighted by Crippen LogP contribution is -2.12. The van der Waals surface area contributed by atoms with Gasteiger partial charge in [0.25, 0.3) is 5.69 Å². The average Bonchev–Trinajstić information content (AvgIpc) is 2.99. The zero-order valence-electron chi connectivity index (χ0n) is 8.40. The molecule has 1 heterocycles. The Bertz CT molecular complexity index is 457. The number of aromatic nitrogens is 1. The van der Waals surface area contributed by atoms with Crippen molar-refractivity contribution in [1.29, 1.82) is 0 Å². The number of hydrogen-bond acceptors (Lipinski definition) is 4. The number of rotatable bonds is 3. The highest BCUT2D eigenvalue weighted by atomic mass is 19.4. The van der Waals surface area contributed by atoms with Crippen LogP contribution in [0.4, 0.5) is 18.9 Å². The summed E-state index contributed by atoms with van der Waals surface area (Å²) in [6, 6.07) is 0.758. The topological polar surface area (TPSA) is 65.3 Å². The quantitative estimate of drug-likeness (QED) is 0.609. The smallest absolute Gasteiger partial charge is 0.437 e. The van der Waals surface area contributed by atoms with E-state index in [9.17, 15) is 23.3 Å². The number of nitro groups is 1. The van der Waals surface area contributed by atoms with E-state index in [2.05, 4.69) is 4.98 Å². The second-order valence-electron chi connectivity index (χ2n) is 3.61.